The maximum absolute atomic E-state index is 11.7. The number of rotatable bonds is 2. The first-order valence-corrected chi connectivity index (χ1v) is 6.44. The zero-order valence-corrected chi connectivity index (χ0v) is 11.3. The average Bonchev–Trinajstić information content (AvgIpc) is 2.64. The number of carbonyl (C=O) groups is 2. The number of nitrogens with one attached hydrogen (secondary N) is 1. The molecule has 1 N–H and O–H groups in total. The van der Waals surface area contributed by atoms with E-state index in [2.05, 4.69) is 5.32 Å². The summed E-state index contributed by atoms with van der Waals surface area (Å²) in [6, 6.07) is 7.42. The van der Waals surface area contributed by atoms with Gasteiger partial charge in [0, 0.05) is 4.90 Å². The second kappa shape index (κ2) is 5.79. The molecule has 1 aromatic rings. The SMILES string of the molecule is COC(=O)C1=C[C@@H](C(=O)OC)Sc2ccccc2N1. The van der Waals surface area contributed by atoms with Crippen molar-refractivity contribution in [1.29, 1.82) is 0 Å². The standard InChI is InChI=1S/C13H13NO4S/c1-17-12(15)9-7-11(13(16)18-2)19-10-6-4-3-5-8(10)14-9/h3-7,11,14H,1-2H3/t11-/m0/s1. The summed E-state index contributed by atoms with van der Waals surface area (Å²) in [5.41, 5.74) is 0.992. The highest BCUT2D eigenvalue weighted by Gasteiger charge is 2.26. The van der Waals surface area contributed by atoms with Gasteiger partial charge in [-0.15, -0.1) is 11.8 Å². The molecule has 2 rings (SSSR count). The van der Waals surface area contributed by atoms with Gasteiger partial charge in [0.15, 0.2) is 0 Å². The van der Waals surface area contributed by atoms with Gasteiger partial charge in [0.1, 0.15) is 10.9 Å². The number of esters is 2. The summed E-state index contributed by atoms with van der Waals surface area (Å²) >= 11 is 1.32. The molecule has 5 nitrogen and oxygen atoms in total. The minimum atomic E-state index is -0.588. The lowest BCUT2D eigenvalue weighted by Gasteiger charge is -2.09. The van der Waals surface area contributed by atoms with Gasteiger partial charge in [-0.1, -0.05) is 12.1 Å². The minimum Gasteiger partial charge on any atom is -0.468 e. The molecule has 100 valence electrons. The van der Waals surface area contributed by atoms with Crippen molar-refractivity contribution in [3.8, 4) is 0 Å². The number of ether oxygens (including phenoxy) is 2. The van der Waals surface area contributed by atoms with E-state index in [9.17, 15) is 9.59 Å². The first-order valence-electron chi connectivity index (χ1n) is 5.56. The number of benzene rings is 1. The smallest absolute Gasteiger partial charge is 0.354 e. The van der Waals surface area contributed by atoms with Gasteiger partial charge >= 0.3 is 11.9 Å². The van der Waals surface area contributed by atoms with Crippen molar-refractivity contribution >= 4 is 29.4 Å². The molecule has 0 fully saturated rings. The zero-order valence-electron chi connectivity index (χ0n) is 10.5. The molecule has 0 spiro atoms. The van der Waals surface area contributed by atoms with Gasteiger partial charge in [-0.05, 0) is 18.2 Å². The number of hydrogen-bond acceptors (Lipinski definition) is 6. The van der Waals surface area contributed by atoms with Crippen molar-refractivity contribution in [3.05, 3.63) is 36.0 Å². The molecule has 1 aliphatic heterocycles. The third-order valence-corrected chi connectivity index (χ3v) is 3.76. The van der Waals surface area contributed by atoms with Crippen molar-refractivity contribution in [1.82, 2.24) is 0 Å². The number of methoxy groups -OCH3 is 2. The molecule has 0 saturated heterocycles. The van der Waals surface area contributed by atoms with E-state index in [4.69, 9.17) is 9.47 Å². The van der Waals surface area contributed by atoms with Gasteiger partial charge in [-0.25, -0.2) is 4.79 Å². The van der Waals surface area contributed by atoms with Crippen LogP contribution in [0.25, 0.3) is 0 Å². The predicted octanol–water partition coefficient (Wildman–Crippen LogP) is 1.80. The maximum atomic E-state index is 11.7. The van der Waals surface area contributed by atoms with Crippen LogP contribution in [-0.4, -0.2) is 31.4 Å². The highest BCUT2D eigenvalue weighted by atomic mass is 32.2. The molecule has 1 aromatic carbocycles. The molecule has 0 bridgehead atoms. The van der Waals surface area contributed by atoms with E-state index in [1.54, 1.807) is 0 Å². The molecule has 0 aromatic heterocycles. The van der Waals surface area contributed by atoms with Crippen LogP contribution in [-0.2, 0) is 19.1 Å². The molecule has 0 aliphatic carbocycles. The summed E-state index contributed by atoms with van der Waals surface area (Å²) in [7, 11) is 2.61. The van der Waals surface area contributed by atoms with Crippen molar-refractivity contribution in [2.45, 2.75) is 10.1 Å². The molecular formula is C13H13NO4S. The van der Waals surface area contributed by atoms with Crippen LogP contribution in [0.1, 0.15) is 0 Å². The molecule has 1 heterocycles. The quantitative estimate of drug-likeness (QED) is 0.833. The van der Waals surface area contributed by atoms with Gasteiger partial charge in [-0.2, -0.15) is 0 Å². The maximum Gasteiger partial charge on any atom is 0.354 e. The number of thioether (sulfide) groups is 1. The van der Waals surface area contributed by atoms with E-state index in [1.807, 2.05) is 24.3 Å². The third-order valence-electron chi connectivity index (χ3n) is 2.57. The number of carbonyl (C=O) groups excluding carboxylic acids is 2. The second-order valence-corrected chi connectivity index (χ2v) is 4.94. The number of hydrogen-bond donors (Lipinski definition) is 1. The lowest BCUT2D eigenvalue weighted by atomic mass is 10.2. The molecule has 0 saturated carbocycles. The lowest BCUT2D eigenvalue weighted by molar-refractivity contribution is -0.139. The Morgan fingerprint density at radius 1 is 1.21 bits per heavy atom. The van der Waals surface area contributed by atoms with E-state index >= 15 is 0 Å². The number of anilines is 1. The molecule has 6 heteroatoms. The fourth-order valence-electron chi connectivity index (χ4n) is 1.64. The molecule has 1 atom stereocenters. The summed E-state index contributed by atoms with van der Waals surface area (Å²) in [4.78, 5) is 24.3. The molecule has 0 unspecified atom stereocenters. The van der Waals surface area contributed by atoms with E-state index in [0.29, 0.717) is 0 Å². The topological polar surface area (TPSA) is 64.6 Å². The van der Waals surface area contributed by atoms with E-state index in [-0.39, 0.29) is 5.70 Å². The van der Waals surface area contributed by atoms with Gasteiger partial charge in [0.2, 0.25) is 0 Å². The van der Waals surface area contributed by atoms with Crippen LogP contribution >= 0.6 is 11.8 Å². The van der Waals surface area contributed by atoms with E-state index in [0.717, 1.165) is 10.6 Å². The van der Waals surface area contributed by atoms with Crippen LogP contribution in [0.2, 0.25) is 0 Å². The Labute approximate surface area is 115 Å². The van der Waals surface area contributed by atoms with Gasteiger partial charge in [0.05, 0.1) is 19.9 Å². The fraction of sp³-hybridized carbons (Fsp3) is 0.231. The summed E-state index contributed by atoms with van der Waals surface area (Å²) in [6.07, 6.45) is 1.52. The van der Waals surface area contributed by atoms with Crippen molar-refractivity contribution in [3.63, 3.8) is 0 Å². The van der Waals surface area contributed by atoms with Crippen LogP contribution in [0, 0.1) is 0 Å². The molecule has 0 radical (unpaired) electrons. The average molecular weight is 279 g/mol. The fourth-order valence-corrected chi connectivity index (χ4v) is 2.72. The monoisotopic (exact) mass is 279 g/mol. The minimum absolute atomic E-state index is 0.232. The van der Waals surface area contributed by atoms with Gasteiger partial charge in [-0.3, -0.25) is 4.79 Å². The Kier molecular flexibility index (Phi) is 4.11. The second-order valence-electron chi connectivity index (χ2n) is 3.75. The summed E-state index contributed by atoms with van der Waals surface area (Å²) in [6.45, 7) is 0. The molecule has 1 aliphatic rings. The Bertz CT molecular complexity index is 541. The van der Waals surface area contributed by atoms with Crippen LogP contribution in [0.15, 0.2) is 40.9 Å². The van der Waals surface area contributed by atoms with E-state index < -0.39 is 17.2 Å². The summed E-state index contributed by atoms with van der Waals surface area (Å²) in [5.74, 6) is -0.934. The molecule has 0 amide bonds. The number of fused-ring (bicyclic) bond motifs is 1. The van der Waals surface area contributed by atoms with Crippen LogP contribution in [0.3, 0.4) is 0 Å². The van der Waals surface area contributed by atoms with Crippen LogP contribution in [0.4, 0.5) is 5.69 Å². The Morgan fingerprint density at radius 2 is 1.95 bits per heavy atom. The van der Waals surface area contributed by atoms with Gasteiger partial charge in [0.25, 0.3) is 0 Å². The Balaban J connectivity index is 2.41. The largest absolute Gasteiger partial charge is 0.468 e. The van der Waals surface area contributed by atoms with E-state index in [1.165, 1.54) is 32.1 Å². The highest BCUT2D eigenvalue weighted by Crippen LogP contribution is 2.35. The highest BCUT2D eigenvalue weighted by molar-refractivity contribution is 8.01. The Hall–Kier alpha value is -1.95. The number of para-hydroxylation sites is 1. The first kappa shape index (κ1) is 13.5. The van der Waals surface area contributed by atoms with Crippen LogP contribution in [0.5, 0.6) is 0 Å². The van der Waals surface area contributed by atoms with Crippen molar-refractivity contribution in [2.24, 2.45) is 0 Å². The Morgan fingerprint density at radius 3 is 2.63 bits per heavy atom. The van der Waals surface area contributed by atoms with Crippen molar-refractivity contribution in [2.75, 3.05) is 19.5 Å². The van der Waals surface area contributed by atoms with Gasteiger partial charge < -0.3 is 14.8 Å². The van der Waals surface area contributed by atoms with Crippen LogP contribution < -0.4 is 5.32 Å². The summed E-state index contributed by atoms with van der Waals surface area (Å²) < 4.78 is 9.43. The normalized spacial score (nSPS) is 17.4. The third kappa shape index (κ3) is 2.90. The van der Waals surface area contributed by atoms with Crippen molar-refractivity contribution < 1.29 is 19.1 Å². The molecule has 19 heavy (non-hydrogen) atoms. The first-order chi connectivity index (χ1) is 9.15. The zero-order chi connectivity index (χ0) is 13.8. The predicted molar refractivity (Wildman–Crippen MR) is 71.8 cm³/mol. The lowest BCUT2D eigenvalue weighted by Crippen LogP contribution is -2.19. The summed E-state index contributed by atoms with van der Waals surface area (Å²) in [5, 5.41) is 2.39. The molecular weight excluding hydrogens is 266 g/mol.